The Kier molecular flexibility index (Phi) is 5.90. The molecule has 0 saturated heterocycles. The summed E-state index contributed by atoms with van der Waals surface area (Å²) < 4.78 is 24.0. The molecule has 1 heterocycles. The van der Waals surface area contributed by atoms with Gasteiger partial charge in [-0.3, -0.25) is 4.79 Å². The normalized spacial score (nSPS) is 15.6. The number of fused-ring (bicyclic) bond motifs is 1. The summed E-state index contributed by atoms with van der Waals surface area (Å²) in [5.41, 5.74) is 0.460. The first-order valence-corrected chi connectivity index (χ1v) is 9.88. The smallest absolute Gasteiger partial charge is 0.267 e. The molecule has 1 atom stereocenters. The molecule has 0 bridgehead atoms. The minimum Gasteiger partial charge on any atom is -0.351 e. The molecule has 2 rings (SSSR count). The van der Waals surface area contributed by atoms with Gasteiger partial charge in [-0.2, -0.15) is 0 Å². The van der Waals surface area contributed by atoms with Crippen LogP contribution in [0.25, 0.3) is 12.2 Å². The summed E-state index contributed by atoms with van der Waals surface area (Å²) in [5, 5.41) is 5.27. The summed E-state index contributed by atoms with van der Waals surface area (Å²) in [4.78, 5) is 15.4. The van der Waals surface area contributed by atoms with Gasteiger partial charge in [0.15, 0.2) is 0 Å². The van der Waals surface area contributed by atoms with Crippen molar-refractivity contribution in [3.05, 3.63) is 33.4 Å². The van der Waals surface area contributed by atoms with Gasteiger partial charge in [-0.1, -0.05) is 23.8 Å². The summed E-state index contributed by atoms with van der Waals surface area (Å²) in [6.07, 6.45) is 8.09. The maximum atomic E-state index is 12.3. The SMILES string of the molecule is CC(CCN(C)S(C)(=O)=O)NC(=O)c1cc2c([nH]1)=CCC=C(Cl)C=2. The highest BCUT2D eigenvalue weighted by atomic mass is 35.5. The Morgan fingerprint density at radius 1 is 1.46 bits per heavy atom. The van der Waals surface area contributed by atoms with Crippen molar-refractivity contribution in [3.63, 3.8) is 0 Å². The Bertz CT molecular complexity index is 871. The van der Waals surface area contributed by atoms with Gasteiger partial charge in [-0.15, -0.1) is 0 Å². The van der Waals surface area contributed by atoms with E-state index in [4.69, 9.17) is 11.6 Å². The summed E-state index contributed by atoms with van der Waals surface area (Å²) in [7, 11) is -1.68. The fourth-order valence-corrected chi connectivity index (χ4v) is 2.95. The molecule has 1 aromatic rings. The van der Waals surface area contributed by atoms with E-state index in [2.05, 4.69) is 10.3 Å². The highest BCUT2D eigenvalue weighted by Gasteiger charge is 2.15. The van der Waals surface area contributed by atoms with Crippen LogP contribution in [0.3, 0.4) is 0 Å². The van der Waals surface area contributed by atoms with Crippen molar-refractivity contribution in [2.45, 2.75) is 25.8 Å². The molecule has 24 heavy (non-hydrogen) atoms. The molecule has 0 fully saturated rings. The van der Waals surface area contributed by atoms with Crippen molar-refractivity contribution in [2.24, 2.45) is 0 Å². The fourth-order valence-electron chi connectivity index (χ4n) is 2.31. The maximum absolute atomic E-state index is 12.3. The number of nitrogens with zero attached hydrogens (tertiary/aromatic N) is 1. The highest BCUT2D eigenvalue weighted by molar-refractivity contribution is 7.88. The Labute approximate surface area is 146 Å². The molecule has 1 aliphatic carbocycles. The summed E-state index contributed by atoms with van der Waals surface area (Å²) in [6.45, 7) is 2.20. The molecule has 8 heteroatoms. The molecule has 0 aliphatic heterocycles. The van der Waals surface area contributed by atoms with Gasteiger partial charge in [0.25, 0.3) is 5.91 Å². The zero-order chi connectivity index (χ0) is 17.9. The molecule has 6 nitrogen and oxygen atoms in total. The molecule has 1 amide bonds. The number of hydrogen-bond donors (Lipinski definition) is 2. The van der Waals surface area contributed by atoms with Crippen LogP contribution in [0.4, 0.5) is 0 Å². The third-order valence-corrected chi connectivity index (χ3v) is 5.45. The minimum atomic E-state index is -3.20. The van der Waals surface area contributed by atoms with Crippen molar-refractivity contribution in [2.75, 3.05) is 19.8 Å². The zero-order valence-corrected chi connectivity index (χ0v) is 15.5. The van der Waals surface area contributed by atoms with Crippen LogP contribution in [0.5, 0.6) is 0 Å². The number of nitrogens with one attached hydrogen (secondary N) is 2. The highest BCUT2D eigenvalue weighted by Crippen LogP contribution is 2.06. The number of carbonyl (C=O) groups excluding carboxylic acids is 1. The molecule has 0 radical (unpaired) electrons. The van der Waals surface area contributed by atoms with E-state index in [-0.39, 0.29) is 11.9 Å². The van der Waals surface area contributed by atoms with Crippen LogP contribution in [0.15, 0.2) is 17.2 Å². The van der Waals surface area contributed by atoms with Gasteiger partial charge in [0.1, 0.15) is 5.69 Å². The molecule has 1 aliphatic rings. The van der Waals surface area contributed by atoms with Gasteiger partial charge in [0.05, 0.1) is 6.26 Å². The second kappa shape index (κ2) is 7.55. The second-order valence-corrected chi connectivity index (χ2v) is 8.50. The van der Waals surface area contributed by atoms with E-state index < -0.39 is 10.0 Å². The number of sulfonamides is 1. The van der Waals surface area contributed by atoms with E-state index >= 15 is 0 Å². The number of hydrogen-bond acceptors (Lipinski definition) is 3. The number of halogens is 1. The Morgan fingerprint density at radius 3 is 2.83 bits per heavy atom. The number of aromatic amines is 1. The molecule has 0 saturated carbocycles. The Balaban J connectivity index is 2.01. The molecule has 0 aromatic carbocycles. The van der Waals surface area contributed by atoms with Gasteiger partial charge >= 0.3 is 0 Å². The lowest BCUT2D eigenvalue weighted by atomic mass is 10.2. The summed E-state index contributed by atoms with van der Waals surface area (Å²) in [6, 6.07) is 1.61. The standard InChI is InChI=1S/C16H22ClN3O3S/c1-11(7-8-20(2)24(3,22)23)18-16(21)15-10-12-9-13(17)5-4-6-14(12)19-15/h5-6,9-11,19H,4,7-8H2,1-3H3,(H,18,21). The van der Waals surface area contributed by atoms with E-state index in [1.54, 1.807) is 6.07 Å². The number of carbonyl (C=O) groups is 1. The minimum absolute atomic E-state index is 0.152. The average molecular weight is 372 g/mol. The maximum Gasteiger partial charge on any atom is 0.267 e. The van der Waals surface area contributed by atoms with Crippen LogP contribution in [0, 0.1) is 0 Å². The number of rotatable bonds is 6. The monoisotopic (exact) mass is 371 g/mol. The van der Waals surface area contributed by atoms with Crippen molar-refractivity contribution in [1.29, 1.82) is 0 Å². The van der Waals surface area contributed by atoms with Gasteiger partial charge in [-0.25, -0.2) is 12.7 Å². The molecule has 0 spiro atoms. The van der Waals surface area contributed by atoms with Gasteiger partial charge < -0.3 is 10.3 Å². The third-order valence-electron chi connectivity index (χ3n) is 3.87. The Morgan fingerprint density at radius 2 is 2.17 bits per heavy atom. The summed E-state index contributed by atoms with van der Waals surface area (Å²) >= 11 is 6.05. The zero-order valence-electron chi connectivity index (χ0n) is 14.0. The molecular formula is C16H22ClN3O3S. The van der Waals surface area contributed by atoms with Crippen LogP contribution in [0.2, 0.25) is 0 Å². The number of amides is 1. The fraction of sp³-hybridized carbons (Fsp3) is 0.438. The quantitative estimate of drug-likeness (QED) is 0.764. The number of aromatic nitrogens is 1. The van der Waals surface area contributed by atoms with E-state index in [1.807, 2.05) is 25.2 Å². The van der Waals surface area contributed by atoms with Crippen LogP contribution in [0.1, 0.15) is 30.3 Å². The molecule has 2 N–H and O–H groups in total. The molecule has 132 valence electrons. The Hall–Kier alpha value is -1.57. The largest absolute Gasteiger partial charge is 0.351 e. The molecule has 1 unspecified atom stereocenters. The van der Waals surface area contributed by atoms with E-state index in [9.17, 15) is 13.2 Å². The lowest BCUT2D eigenvalue weighted by Gasteiger charge is -2.18. The van der Waals surface area contributed by atoms with Crippen molar-refractivity contribution >= 4 is 39.7 Å². The number of H-pyrrole nitrogens is 1. The van der Waals surface area contributed by atoms with E-state index in [1.165, 1.54) is 11.4 Å². The molecule has 1 aromatic heterocycles. The lowest BCUT2D eigenvalue weighted by molar-refractivity contribution is 0.0933. The number of allylic oxidation sites excluding steroid dienone is 2. The first-order chi connectivity index (χ1) is 11.2. The van der Waals surface area contributed by atoms with Gasteiger partial charge in [-0.05, 0) is 31.9 Å². The first-order valence-electron chi connectivity index (χ1n) is 7.65. The van der Waals surface area contributed by atoms with Crippen LogP contribution >= 0.6 is 11.6 Å². The lowest BCUT2D eigenvalue weighted by Crippen LogP contribution is -2.36. The predicted octanol–water partition coefficient (Wildman–Crippen LogP) is 0.502. The summed E-state index contributed by atoms with van der Waals surface area (Å²) in [5.74, 6) is -0.223. The third kappa shape index (κ3) is 4.96. The van der Waals surface area contributed by atoms with E-state index in [0.717, 1.165) is 16.8 Å². The van der Waals surface area contributed by atoms with E-state index in [0.29, 0.717) is 30.1 Å². The van der Waals surface area contributed by atoms with Crippen molar-refractivity contribution in [1.82, 2.24) is 14.6 Å². The van der Waals surface area contributed by atoms with Crippen LogP contribution < -0.4 is 15.9 Å². The second-order valence-electron chi connectivity index (χ2n) is 5.97. The van der Waals surface area contributed by atoms with Crippen LogP contribution in [-0.2, 0) is 10.0 Å². The first kappa shape index (κ1) is 18.8. The van der Waals surface area contributed by atoms with Crippen molar-refractivity contribution < 1.29 is 13.2 Å². The predicted molar refractivity (Wildman–Crippen MR) is 96.5 cm³/mol. The van der Waals surface area contributed by atoms with Crippen molar-refractivity contribution in [3.8, 4) is 0 Å². The van der Waals surface area contributed by atoms with Crippen LogP contribution in [-0.4, -0.2) is 49.5 Å². The topological polar surface area (TPSA) is 82.3 Å². The van der Waals surface area contributed by atoms with Gasteiger partial charge in [0, 0.05) is 35.2 Å². The average Bonchev–Trinajstić information content (AvgIpc) is 2.78. The van der Waals surface area contributed by atoms with Gasteiger partial charge in [0.2, 0.25) is 10.0 Å². The molecular weight excluding hydrogens is 350 g/mol.